The van der Waals surface area contributed by atoms with E-state index in [1.807, 2.05) is 0 Å². The van der Waals surface area contributed by atoms with Gasteiger partial charge in [0.25, 0.3) is 11.7 Å². The quantitative estimate of drug-likeness (QED) is 0.498. The van der Waals surface area contributed by atoms with E-state index in [2.05, 4.69) is 0 Å². The van der Waals surface area contributed by atoms with Gasteiger partial charge < -0.3 is 19.5 Å². The van der Waals surface area contributed by atoms with Crippen molar-refractivity contribution >= 4 is 29.1 Å². The lowest BCUT2D eigenvalue weighted by Crippen LogP contribution is -2.24. The second-order valence-corrected chi connectivity index (χ2v) is 6.47. The number of hydrogen-bond donors (Lipinski definition) is 1. The highest BCUT2D eigenvalue weighted by Crippen LogP contribution is 2.42. The Bertz CT molecular complexity index is 951. The number of amides is 1. The van der Waals surface area contributed by atoms with Crippen molar-refractivity contribution in [3.05, 3.63) is 64.2 Å². The van der Waals surface area contributed by atoms with Crippen molar-refractivity contribution in [2.75, 3.05) is 13.8 Å². The minimum atomic E-state index is -0.734. The number of benzene rings is 2. The largest absolute Gasteiger partial charge is 0.507 e. The Balaban J connectivity index is 1.85. The summed E-state index contributed by atoms with van der Waals surface area (Å²) in [5.74, 6) is -0.523. The first-order valence-electron chi connectivity index (χ1n) is 7.87. The Morgan fingerprint density at radius 3 is 2.54 bits per heavy atom. The number of ether oxygens (including phenoxy) is 2. The van der Waals surface area contributed by atoms with Crippen LogP contribution in [-0.4, -0.2) is 35.5 Å². The van der Waals surface area contributed by atoms with Gasteiger partial charge in [0, 0.05) is 17.6 Å². The maximum Gasteiger partial charge on any atom is 0.295 e. The molecule has 2 aliphatic heterocycles. The standard InChI is InChI=1S/C19H14ClNO5/c1-21-16(11-4-7-13-14(8-11)26-9-25-13)15(18(23)19(21)24)17(22)10-2-5-12(20)6-3-10/h2-8,16,22H,9H2,1H3. The lowest BCUT2D eigenvalue weighted by molar-refractivity contribution is -0.139. The van der Waals surface area contributed by atoms with Crippen LogP contribution in [0.4, 0.5) is 0 Å². The highest BCUT2D eigenvalue weighted by atomic mass is 35.5. The summed E-state index contributed by atoms with van der Waals surface area (Å²) >= 11 is 5.88. The molecule has 1 amide bonds. The zero-order valence-corrected chi connectivity index (χ0v) is 14.5. The van der Waals surface area contributed by atoms with Crippen LogP contribution >= 0.6 is 11.6 Å². The second kappa shape index (κ2) is 6.07. The van der Waals surface area contributed by atoms with Gasteiger partial charge in [0.15, 0.2) is 11.5 Å². The molecule has 2 aromatic rings. The van der Waals surface area contributed by atoms with Gasteiger partial charge in [-0.15, -0.1) is 0 Å². The van der Waals surface area contributed by atoms with Gasteiger partial charge in [-0.1, -0.05) is 17.7 Å². The first-order valence-corrected chi connectivity index (χ1v) is 8.25. The van der Waals surface area contributed by atoms with E-state index >= 15 is 0 Å². The van der Waals surface area contributed by atoms with E-state index < -0.39 is 17.7 Å². The molecule has 132 valence electrons. The van der Waals surface area contributed by atoms with Crippen molar-refractivity contribution in [2.24, 2.45) is 0 Å². The molecule has 7 heteroatoms. The molecule has 1 atom stereocenters. The SMILES string of the molecule is CN1C(=O)C(=O)C(=C(O)c2ccc(Cl)cc2)C1c1ccc2c(c1)OCO2. The van der Waals surface area contributed by atoms with Crippen LogP contribution in [0.15, 0.2) is 48.0 Å². The fraction of sp³-hybridized carbons (Fsp3) is 0.158. The first kappa shape index (κ1) is 16.5. The number of ketones is 1. The van der Waals surface area contributed by atoms with Gasteiger partial charge in [-0.3, -0.25) is 9.59 Å². The summed E-state index contributed by atoms with van der Waals surface area (Å²) in [7, 11) is 1.53. The zero-order chi connectivity index (χ0) is 18.4. The maximum absolute atomic E-state index is 12.5. The normalized spacial score (nSPS) is 20.7. The number of carbonyl (C=O) groups excluding carboxylic acids is 2. The summed E-state index contributed by atoms with van der Waals surface area (Å²) in [4.78, 5) is 26.1. The molecule has 2 aromatic carbocycles. The molecule has 1 unspecified atom stereocenters. The average Bonchev–Trinajstić information content (AvgIpc) is 3.19. The summed E-state index contributed by atoms with van der Waals surface area (Å²) in [6.45, 7) is 0.121. The van der Waals surface area contributed by atoms with E-state index in [1.165, 1.54) is 11.9 Å². The molecular formula is C19H14ClNO5. The fourth-order valence-electron chi connectivity index (χ4n) is 3.18. The molecule has 1 saturated heterocycles. The molecule has 0 aromatic heterocycles. The summed E-state index contributed by atoms with van der Waals surface area (Å²) < 4.78 is 10.7. The maximum atomic E-state index is 12.5. The average molecular weight is 372 g/mol. The van der Waals surface area contributed by atoms with Crippen LogP contribution in [0.2, 0.25) is 5.02 Å². The van der Waals surface area contributed by atoms with Crippen LogP contribution in [0.3, 0.4) is 0 Å². The molecule has 0 spiro atoms. The minimum Gasteiger partial charge on any atom is -0.507 e. The summed E-state index contributed by atoms with van der Waals surface area (Å²) in [5.41, 5.74) is 1.08. The highest BCUT2D eigenvalue weighted by molar-refractivity contribution is 6.46. The molecule has 26 heavy (non-hydrogen) atoms. The van der Waals surface area contributed by atoms with Crippen molar-refractivity contribution in [3.63, 3.8) is 0 Å². The fourth-order valence-corrected chi connectivity index (χ4v) is 3.31. The van der Waals surface area contributed by atoms with Gasteiger partial charge in [0.05, 0.1) is 11.6 Å². The molecule has 1 fully saturated rings. The Hall–Kier alpha value is -2.99. The van der Waals surface area contributed by atoms with Crippen LogP contribution in [0.1, 0.15) is 17.2 Å². The smallest absolute Gasteiger partial charge is 0.295 e. The lowest BCUT2D eigenvalue weighted by atomic mass is 9.95. The van der Waals surface area contributed by atoms with Crippen molar-refractivity contribution in [1.82, 2.24) is 4.90 Å². The number of likely N-dealkylation sites (tertiary alicyclic amines) is 1. The Kier molecular flexibility index (Phi) is 3.85. The van der Waals surface area contributed by atoms with Crippen molar-refractivity contribution in [1.29, 1.82) is 0 Å². The van der Waals surface area contributed by atoms with Crippen LogP contribution < -0.4 is 9.47 Å². The number of rotatable bonds is 2. The Morgan fingerprint density at radius 2 is 1.81 bits per heavy atom. The minimum absolute atomic E-state index is 0.0266. The predicted molar refractivity (Wildman–Crippen MR) is 94.1 cm³/mol. The first-order chi connectivity index (χ1) is 12.5. The van der Waals surface area contributed by atoms with Crippen LogP contribution in [0.25, 0.3) is 5.76 Å². The number of hydrogen-bond acceptors (Lipinski definition) is 5. The zero-order valence-electron chi connectivity index (χ0n) is 13.7. The monoisotopic (exact) mass is 371 g/mol. The number of likely N-dealkylation sites (N-methyl/N-ethyl adjacent to an activating group) is 1. The van der Waals surface area contributed by atoms with Gasteiger partial charge in [-0.25, -0.2) is 0 Å². The second-order valence-electron chi connectivity index (χ2n) is 6.03. The molecule has 0 saturated carbocycles. The van der Waals surface area contributed by atoms with Gasteiger partial charge in [0.1, 0.15) is 5.76 Å². The molecule has 0 radical (unpaired) electrons. The molecule has 0 bridgehead atoms. The predicted octanol–water partition coefficient (Wildman–Crippen LogP) is 3.12. The topological polar surface area (TPSA) is 76.1 Å². The number of aliphatic hydroxyl groups is 1. The molecule has 0 aliphatic carbocycles. The van der Waals surface area contributed by atoms with E-state index in [0.717, 1.165) is 0 Å². The van der Waals surface area contributed by atoms with Crippen molar-refractivity contribution in [2.45, 2.75) is 6.04 Å². The van der Waals surface area contributed by atoms with Gasteiger partial charge >= 0.3 is 0 Å². The van der Waals surface area contributed by atoms with Crippen LogP contribution in [-0.2, 0) is 9.59 Å². The Morgan fingerprint density at radius 1 is 1.12 bits per heavy atom. The molecule has 4 rings (SSSR count). The lowest BCUT2D eigenvalue weighted by Gasteiger charge is -2.21. The number of fused-ring (bicyclic) bond motifs is 1. The van der Waals surface area contributed by atoms with E-state index in [-0.39, 0.29) is 18.1 Å². The van der Waals surface area contributed by atoms with E-state index in [0.29, 0.717) is 27.6 Å². The van der Waals surface area contributed by atoms with Gasteiger partial charge in [0.2, 0.25) is 6.79 Å². The third kappa shape index (κ3) is 2.50. The summed E-state index contributed by atoms with van der Waals surface area (Å²) in [6.07, 6.45) is 0. The van der Waals surface area contributed by atoms with Crippen LogP contribution in [0, 0.1) is 0 Å². The van der Waals surface area contributed by atoms with Crippen molar-refractivity contribution < 1.29 is 24.2 Å². The highest BCUT2D eigenvalue weighted by Gasteiger charge is 2.44. The molecule has 1 N–H and O–H groups in total. The van der Waals surface area contributed by atoms with Gasteiger partial charge in [-0.2, -0.15) is 0 Å². The molecule has 6 nitrogen and oxygen atoms in total. The Labute approximate surface area is 154 Å². The van der Waals surface area contributed by atoms with Crippen molar-refractivity contribution in [3.8, 4) is 11.5 Å². The third-order valence-electron chi connectivity index (χ3n) is 4.51. The number of Topliss-reactive ketones (excluding diaryl/α,β-unsaturated/α-hetero) is 1. The number of carbonyl (C=O) groups is 2. The van der Waals surface area contributed by atoms with Gasteiger partial charge in [-0.05, 0) is 42.0 Å². The van der Waals surface area contributed by atoms with Crippen LogP contribution in [0.5, 0.6) is 11.5 Å². The number of halogens is 1. The van der Waals surface area contributed by atoms with E-state index in [4.69, 9.17) is 21.1 Å². The number of aliphatic hydroxyl groups excluding tert-OH is 1. The molecule has 2 aliphatic rings. The van der Waals surface area contributed by atoms with E-state index in [9.17, 15) is 14.7 Å². The summed E-state index contributed by atoms with van der Waals surface area (Å²) in [6, 6.07) is 10.9. The number of nitrogens with zero attached hydrogens (tertiary/aromatic N) is 1. The van der Waals surface area contributed by atoms with E-state index in [1.54, 1.807) is 42.5 Å². The summed E-state index contributed by atoms with van der Waals surface area (Å²) in [5, 5.41) is 11.2. The molecular weight excluding hydrogens is 358 g/mol. The molecule has 2 heterocycles. The third-order valence-corrected chi connectivity index (χ3v) is 4.76.